The van der Waals surface area contributed by atoms with E-state index in [4.69, 9.17) is 32.3 Å². The van der Waals surface area contributed by atoms with Crippen molar-refractivity contribution < 1.29 is 75.8 Å². The topological polar surface area (TPSA) is 231 Å². The van der Waals surface area contributed by atoms with E-state index in [9.17, 15) is 43.5 Å². The first kappa shape index (κ1) is 82.7. The van der Waals surface area contributed by atoms with Gasteiger partial charge in [-0.05, 0) is 128 Å². The zero-order valence-corrected chi connectivity index (χ0v) is 55.2. The second-order valence-electron chi connectivity index (χ2n) is 21.1. The van der Waals surface area contributed by atoms with Crippen molar-refractivity contribution in [3.8, 4) is 0 Å². The van der Waals surface area contributed by atoms with Gasteiger partial charge < -0.3 is 34.2 Å². The monoisotopic (exact) mass is 1260 g/mol. The van der Waals surface area contributed by atoms with Crippen LogP contribution in [0.15, 0.2) is 134 Å². The van der Waals surface area contributed by atoms with E-state index >= 15 is 0 Å². The third-order valence-electron chi connectivity index (χ3n) is 12.8. The quantitative estimate of drug-likeness (QED) is 0.0146. The minimum absolute atomic E-state index is 0.0780. The van der Waals surface area contributed by atoms with E-state index in [-0.39, 0.29) is 19.3 Å². The standard InChI is InChI=1S/C69H114O16P2/c1-4-7-10-13-16-19-22-25-27-29-30-31-32-34-36-38-40-43-46-49-52-55-67(72)79-58-64(70)59-81-86(75,76)82-60-65(71)61-83-87(77,78)84-63-66(85-69(74)57-54-51-48-45-42-37-24-21-18-15-12-9-6-3)62-80-68(73)56-53-50-47-44-41-39-35-33-28-26-23-20-17-14-11-8-5-2/h7-8,10-12,15-17,19-21,24-28,30-31,34-36,39,64-66,70-71H,4-6,9,13-14,18,22-23,29,32-33,37-38,40-63H2,1-3H3,(H,75,76)(H,77,78)/b10-7-,11-8-,15-12-,19-16-,20-17-,24-21-,27-25-,28-26-,31-30-,36-34-,39-35-. The Morgan fingerprint density at radius 1 is 0.333 bits per heavy atom. The molecule has 18 heteroatoms. The van der Waals surface area contributed by atoms with Crippen molar-refractivity contribution in [2.45, 2.75) is 245 Å². The van der Waals surface area contributed by atoms with Crippen LogP contribution < -0.4 is 0 Å². The van der Waals surface area contributed by atoms with E-state index in [1.807, 2.05) is 0 Å². The number of rotatable bonds is 60. The zero-order valence-electron chi connectivity index (χ0n) is 53.4. The Bertz CT molecular complexity index is 2120. The molecule has 0 aliphatic heterocycles. The molecule has 496 valence electrons. The Hall–Kier alpha value is -4.31. The van der Waals surface area contributed by atoms with Crippen LogP contribution in [0, 0.1) is 0 Å². The van der Waals surface area contributed by atoms with Crippen molar-refractivity contribution in [3.63, 3.8) is 0 Å². The van der Waals surface area contributed by atoms with Crippen LogP contribution in [-0.2, 0) is 55.8 Å². The molecule has 0 rings (SSSR count). The van der Waals surface area contributed by atoms with Gasteiger partial charge in [0.15, 0.2) is 6.10 Å². The van der Waals surface area contributed by atoms with Crippen LogP contribution in [0.2, 0.25) is 0 Å². The summed E-state index contributed by atoms with van der Waals surface area (Å²) >= 11 is 0. The van der Waals surface area contributed by atoms with Gasteiger partial charge in [-0.1, -0.05) is 212 Å². The summed E-state index contributed by atoms with van der Waals surface area (Å²) in [7, 11) is -9.79. The van der Waals surface area contributed by atoms with Crippen molar-refractivity contribution in [2.24, 2.45) is 0 Å². The Morgan fingerprint density at radius 2 is 0.609 bits per heavy atom. The molecule has 0 fully saturated rings. The second kappa shape index (κ2) is 61.9. The number of phosphoric ester groups is 2. The van der Waals surface area contributed by atoms with Crippen molar-refractivity contribution in [3.05, 3.63) is 134 Å². The molecule has 0 spiro atoms. The van der Waals surface area contributed by atoms with Crippen molar-refractivity contribution in [1.82, 2.24) is 0 Å². The molecule has 4 N–H and O–H groups in total. The molecule has 0 aliphatic carbocycles. The molecule has 0 aromatic carbocycles. The van der Waals surface area contributed by atoms with Gasteiger partial charge in [0.1, 0.15) is 25.4 Å². The van der Waals surface area contributed by atoms with Gasteiger partial charge in [0.25, 0.3) is 0 Å². The predicted octanol–water partition coefficient (Wildman–Crippen LogP) is 17.6. The first-order valence-electron chi connectivity index (χ1n) is 32.5. The van der Waals surface area contributed by atoms with E-state index in [0.717, 1.165) is 167 Å². The van der Waals surface area contributed by atoms with Crippen LogP contribution in [0.3, 0.4) is 0 Å². The first-order valence-corrected chi connectivity index (χ1v) is 35.5. The summed E-state index contributed by atoms with van der Waals surface area (Å²) < 4.78 is 60.7. The summed E-state index contributed by atoms with van der Waals surface area (Å²) in [5.74, 6) is -1.65. The number of aliphatic hydroxyl groups is 2. The normalized spacial score (nSPS) is 15.2. The number of ether oxygens (including phenoxy) is 3. The molecule has 0 amide bonds. The number of esters is 3. The zero-order chi connectivity index (χ0) is 63.8. The average molecular weight is 1260 g/mol. The molecule has 0 aromatic heterocycles. The van der Waals surface area contributed by atoms with Gasteiger partial charge in [-0.15, -0.1) is 0 Å². The van der Waals surface area contributed by atoms with Crippen molar-refractivity contribution in [2.75, 3.05) is 39.6 Å². The highest BCUT2D eigenvalue weighted by Gasteiger charge is 2.29. The first-order chi connectivity index (χ1) is 42.2. The molecule has 5 unspecified atom stereocenters. The van der Waals surface area contributed by atoms with Gasteiger partial charge in [-0.25, -0.2) is 9.13 Å². The van der Waals surface area contributed by atoms with Crippen LogP contribution in [0.25, 0.3) is 0 Å². The number of hydrogen-bond acceptors (Lipinski definition) is 14. The smallest absolute Gasteiger partial charge is 0.463 e. The highest BCUT2D eigenvalue weighted by atomic mass is 31.2. The number of aliphatic hydroxyl groups excluding tert-OH is 2. The van der Waals surface area contributed by atoms with Crippen LogP contribution >= 0.6 is 15.6 Å². The number of carbonyl (C=O) groups excluding carboxylic acids is 3. The number of carbonyl (C=O) groups is 3. The lowest BCUT2D eigenvalue weighted by molar-refractivity contribution is -0.161. The molecule has 87 heavy (non-hydrogen) atoms. The van der Waals surface area contributed by atoms with Crippen LogP contribution in [0.1, 0.15) is 226 Å². The maximum atomic E-state index is 12.9. The highest BCUT2D eigenvalue weighted by Crippen LogP contribution is 2.45. The summed E-state index contributed by atoms with van der Waals surface area (Å²) in [5, 5.41) is 20.5. The maximum absolute atomic E-state index is 12.9. The fraction of sp³-hybridized carbons (Fsp3) is 0.638. The second-order valence-corrected chi connectivity index (χ2v) is 24.1. The van der Waals surface area contributed by atoms with Crippen LogP contribution in [0.5, 0.6) is 0 Å². The molecular formula is C69H114O16P2. The van der Waals surface area contributed by atoms with E-state index in [1.165, 1.54) is 0 Å². The van der Waals surface area contributed by atoms with E-state index in [2.05, 4.69) is 154 Å². The van der Waals surface area contributed by atoms with Gasteiger partial charge in [-0.2, -0.15) is 0 Å². The van der Waals surface area contributed by atoms with Gasteiger partial charge >= 0.3 is 33.6 Å². The summed E-state index contributed by atoms with van der Waals surface area (Å²) in [6.07, 6.45) is 70.8. The fourth-order valence-corrected chi connectivity index (χ4v) is 9.50. The average Bonchev–Trinajstić information content (AvgIpc) is 3.69. The van der Waals surface area contributed by atoms with Crippen molar-refractivity contribution in [1.29, 1.82) is 0 Å². The lowest BCUT2D eigenvalue weighted by Crippen LogP contribution is -2.30. The number of phosphoric acid groups is 2. The molecule has 0 saturated carbocycles. The number of allylic oxidation sites excluding steroid dienone is 22. The van der Waals surface area contributed by atoms with Gasteiger partial charge in [0.2, 0.25) is 0 Å². The SMILES string of the molecule is CC/C=C\C/C=C\C/C=C\C/C=C\C/C=C\CCCCCCCC(=O)OCC(O)COP(=O)(O)OCC(O)COP(=O)(O)OCC(COC(=O)CCCCCC/C=C\C/C=C\C/C=C\C/C=C\CC)OC(=O)CCCCCCC/C=C\C/C=C\CCC. The summed E-state index contributed by atoms with van der Waals surface area (Å²) in [4.78, 5) is 58.2. The van der Waals surface area contributed by atoms with Crippen molar-refractivity contribution >= 4 is 33.6 Å². The Labute approximate surface area is 525 Å². The van der Waals surface area contributed by atoms with Gasteiger partial charge in [0.05, 0.1) is 26.4 Å². The van der Waals surface area contributed by atoms with E-state index in [0.29, 0.717) is 19.3 Å². The molecule has 0 radical (unpaired) electrons. The molecule has 0 bridgehead atoms. The third-order valence-corrected chi connectivity index (χ3v) is 14.7. The lowest BCUT2D eigenvalue weighted by Gasteiger charge is -2.21. The van der Waals surface area contributed by atoms with Gasteiger partial charge in [0, 0.05) is 19.3 Å². The Balaban J connectivity index is 4.69. The van der Waals surface area contributed by atoms with Crippen LogP contribution in [-0.4, -0.2) is 95.9 Å². The van der Waals surface area contributed by atoms with Crippen LogP contribution in [0.4, 0.5) is 0 Å². The molecule has 16 nitrogen and oxygen atoms in total. The predicted molar refractivity (Wildman–Crippen MR) is 353 cm³/mol. The molecule has 0 saturated heterocycles. The molecule has 0 aromatic rings. The highest BCUT2D eigenvalue weighted by molar-refractivity contribution is 7.47. The number of unbranched alkanes of at least 4 members (excludes halogenated alkanes) is 15. The Kier molecular flexibility index (Phi) is 58.8. The molecular weight excluding hydrogens is 1150 g/mol. The lowest BCUT2D eigenvalue weighted by atomic mass is 10.1. The Morgan fingerprint density at radius 3 is 0.966 bits per heavy atom. The number of hydrogen-bond donors (Lipinski definition) is 4. The fourth-order valence-electron chi connectivity index (χ4n) is 7.92. The van der Waals surface area contributed by atoms with E-state index < -0.39 is 91.5 Å². The largest absolute Gasteiger partial charge is 0.472 e. The molecule has 0 heterocycles. The summed E-state index contributed by atoms with van der Waals surface area (Å²) in [5.41, 5.74) is 0. The molecule has 5 atom stereocenters. The minimum atomic E-state index is -4.94. The summed E-state index contributed by atoms with van der Waals surface area (Å²) in [6, 6.07) is 0. The minimum Gasteiger partial charge on any atom is -0.463 e. The summed E-state index contributed by atoms with van der Waals surface area (Å²) in [6.45, 7) is 2.27. The molecule has 0 aliphatic rings. The van der Waals surface area contributed by atoms with Gasteiger partial charge in [-0.3, -0.25) is 32.5 Å². The third kappa shape index (κ3) is 63.1. The van der Waals surface area contributed by atoms with E-state index in [1.54, 1.807) is 0 Å². The maximum Gasteiger partial charge on any atom is 0.472 e.